The van der Waals surface area contributed by atoms with Crippen molar-refractivity contribution in [1.29, 1.82) is 0 Å². The maximum atomic E-state index is 6.12. The molecule has 0 amide bonds. The average Bonchev–Trinajstić information content (AvgIpc) is 2.78. The summed E-state index contributed by atoms with van der Waals surface area (Å²) < 4.78 is 3.15. The van der Waals surface area contributed by atoms with Crippen molar-refractivity contribution < 1.29 is 0 Å². The van der Waals surface area contributed by atoms with E-state index in [0.29, 0.717) is 11.7 Å². The van der Waals surface area contributed by atoms with Crippen LogP contribution in [-0.4, -0.2) is 14.4 Å². The Morgan fingerprint density at radius 1 is 1.29 bits per heavy atom. The lowest BCUT2D eigenvalue weighted by molar-refractivity contribution is 0.400. The molecule has 4 rings (SSSR count). The standard InChI is InChI=1S/C16H15BrN4/c17-12-6-2-5-11(9-12)13-14-15(18)19-7-8-21(14)16(20-13)10-3-1-4-10/h2,5-10H,1,3-4H2,(H2,18,19). The van der Waals surface area contributed by atoms with Gasteiger partial charge in [0.1, 0.15) is 22.9 Å². The van der Waals surface area contributed by atoms with Gasteiger partial charge in [-0.15, -0.1) is 0 Å². The van der Waals surface area contributed by atoms with Crippen molar-refractivity contribution in [2.75, 3.05) is 5.73 Å². The highest BCUT2D eigenvalue weighted by molar-refractivity contribution is 9.10. The van der Waals surface area contributed by atoms with Crippen LogP contribution in [0.5, 0.6) is 0 Å². The van der Waals surface area contributed by atoms with Crippen LogP contribution in [0.3, 0.4) is 0 Å². The second-order valence-corrected chi connectivity index (χ2v) is 6.40. The molecular weight excluding hydrogens is 328 g/mol. The van der Waals surface area contributed by atoms with E-state index in [4.69, 9.17) is 10.7 Å². The topological polar surface area (TPSA) is 56.2 Å². The third kappa shape index (κ3) is 2.03. The van der Waals surface area contributed by atoms with Gasteiger partial charge in [0.2, 0.25) is 0 Å². The van der Waals surface area contributed by atoms with Gasteiger partial charge in [-0.1, -0.05) is 34.5 Å². The van der Waals surface area contributed by atoms with Crippen molar-refractivity contribution in [2.45, 2.75) is 25.2 Å². The number of imidazole rings is 1. The number of rotatable bonds is 2. The van der Waals surface area contributed by atoms with Gasteiger partial charge in [0.05, 0.1) is 0 Å². The molecule has 0 aliphatic heterocycles. The van der Waals surface area contributed by atoms with E-state index >= 15 is 0 Å². The third-order valence-corrected chi connectivity index (χ3v) is 4.67. The molecule has 0 spiro atoms. The normalized spacial score (nSPS) is 15.3. The number of anilines is 1. The van der Waals surface area contributed by atoms with Crippen LogP contribution in [0.25, 0.3) is 16.8 Å². The van der Waals surface area contributed by atoms with E-state index < -0.39 is 0 Å². The molecule has 2 aromatic heterocycles. The number of hydrogen-bond donors (Lipinski definition) is 1. The van der Waals surface area contributed by atoms with Gasteiger partial charge in [-0.3, -0.25) is 4.40 Å². The SMILES string of the molecule is Nc1nccn2c(C3CCC3)nc(-c3cccc(Br)c3)c12. The predicted octanol–water partition coefficient (Wildman–Crippen LogP) is 4.01. The minimum absolute atomic E-state index is 0.533. The lowest BCUT2D eigenvalue weighted by atomic mass is 9.85. The van der Waals surface area contributed by atoms with Gasteiger partial charge in [-0.05, 0) is 25.0 Å². The molecule has 1 aromatic carbocycles. The summed E-state index contributed by atoms with van der Waals surface area (Å²) in [5, 5.41) is 0. The lowest BCUT2D eigenvalue weighted by Gasteiger charge is -2.23. The fourth-order valence-electron chi connectivity index (χ4n) is 2.88. The number of halogens is 1. The number of hydrogen-bond acceptors (Lipinski definition) is 3. The first kappa shape index (κ1) is 12.8. The highest BCUT2D eigenvalue weighted by Crippen LogP contribution is 2.39. The van der Waals surface area contributed by atoms with Crippen molar-refractivity contribution >= 4 is 27.3 Å². The Hall–Kier alpha value is -1.88. The zero-order valence-corrected chi connectivity index (χ0v) is 13.0. The second-order valence-electron chi connectivity index (χ2n) is 5.49. The van der Waals surface area contributed by atoms with Crippen LogP contribution in [-0.2, 0) is 0 Å². The quantitative estimate of drug-likeness (QED) is 0.765. The first-order valence-electron chi connectivity index (χ1n) is 7.12. The van der Waals surface area contributed by atoms with Crippen LogP contribution >= 0.6 is 15.9 Å². The summed E-state index contributed by atoms with van der Waals surface area (Å²) in [5.41, 5.74) is 9.02. The molecule has 4 nitrogen and oxygen atoms in total. The van der Waals surface area contributed by atoms with Crippen molar-refractivity contribution in [3.8, 4) is 11.3 Å². The Bertz CT molecular complexity index is 820. The Morgan fingerprint density at radius 3 is 2.86 bits per heavy atom. The van der Waals surface area contributed by atoms with Crippen LogP contribution in [0.4, 0.5) is 5.82 Å². The van der Waals surface area contributed by atoms with Gasteiger partial charge in [0, 0.05) is 28.3 Å². The summed E-state index contributed by atoms with van der Waals surface area (Å²) in [6.45, 7) is 0. The van der Waals surface area contributed by atoms with E-state index in [9.17, 15) is 0 Å². The Labute approximate surface area is 131 Å². The first-order chi connectivity index (χ1) is 10.2. The van der Waals surface area contributed by atoms with Gasteiger partial charge in [0.15, 0.2) is 0 Å². The third-order valence-electron chi connectivity index (χ3n) is 4.18. The summed E-state index contributed by atoms with van der Waals surface area (Å²) in [6.07, 6.45) is 7.41. The fraction of sp³-hybridized carbons (Fsp3) is 0.250. The number of fused-ring (bicyclic) bond motifs is 1. The van der Waals surface area contributed by atoms with Gasteiger partial charge in [0.25, 0.3) is 0 Å². The minimum atomic E-state index is 0.533. The molecule has 1 aliphatic rings. The molecule has 3 aromatic rings. The van der Waals surface area contributed by atoms with Crippen molar-refractivity contribution in [2.24, 2.45) is 0 Å². The van der Waals surface area contributed by atoms with Crippen molar-refractivity contribution in [3.63, 3.8) is 0 Å². The molecule has 1 fully saturated rings. The van der Waals surface area contributed by atoms with Gasteiger partial charge < -0.3 is 5.73 Å². The molecule has 5 heteroatoms. The van der Waals surface area contributed by atoms with E-state index in [2.05, 4.69) is 37.4 Å². The largest absolute Gasteiger partial charge is 0.382 e. The highest BCUT2D eigenvalue weighted by Gasteiger charge is 2.26. The Balaban J connectivity index is 2.00. The zero-order chi connectivity index (χ0) is 14.4. The number of nitrogens with two attached hydrogens (primary N) is 1. The lowest BCUT2D eigenvalue weighted by Crippen LogP contribution is -2.12. The van der Waals surface area contributed by atoms with E-state index in [1.54, 1.807) is 6.20 Å². The summed E-state index contributed by atoms with van der Waals surface area (Å²) in [7, 11) is 0. The summed E-state index contributed by atoms with van der Waals surface area (Å²) in [5.74, 6) is 2.19. The Morgan fingerprint density at radius 2 is 2.14 bits per heavy atom. The van der Waals surface area contributed by atoms with Crippen LogP contribution < -0.4 is 5.73 Å². The monoisotopic (exact) mass is 342 g/mol. The number of nitrogen functional groups attached to an aromatic ring is 1. The van der Waals surface area contributed by atoms with E-state index in [-0.39, 0.29) is 0 Å². The average molecular weight is 343 g/mol. The Kier molecular flexibility index (Phi) is 2.96. The van der Waals surface area contributed by atoms with Crippen molar-refractivity contribution in [3.05, 3.63) is 47.0 Å². The molecule has 0 atom stereocenters. The first-order valence-corrected chi connectivity index (χ1v) is 7.91. The van der Waals surface area contributed by atoms with Gasteiger partial charge in [-0.2, -0.15) is 0 Å². The number of aromatic nitrogens is 3. The smallest absolute Gasteiger partial charge is 0.150 e. The molecule has 21 heavy (non-hydrogen) atoms. The summed E-state index contributed by atoms with van der Waals surface area (Å²) in [6, 6.07) is 8.15. The molecule has 2 heterocycles. The predicted molar refractivity (Wildman–Crippen MR) is 87.1 cm³/mol. The van der Waals surface area contributed by atoms with Crippen molar-refractivity contribution in [1.82, 2.24) is 14.4 Å². The summed E-state index contributed by atoms with van der Waals surface area (Å²) >= 11 is 3.52. The molecule has 0 bridgehead atoms. The highest BCUT2D eigenvalue weighted by atomic mass is 79.9. The summed E-state index contributed by atoms with van der Waals surface area (Å²) in [4.78, 5) is 9.14. The molecule has 0 saturated heterocycles. The molecular formula is C16H15BrN4. The molecule has 1 saturated carbocycles. The van der Waals surface area contributed by atoms with Gasteiger partial charge in [-0.25, -0.2) is 9.97 Å². The molecule has 1 aliphatic carbocycles. The van der Waals surface area contributed by atoms with E-state index in [1.807, 2.05) is 18.3 Å². The van der Waals surface area contributed by atoms with Crippen LogP contribution in [0.1, 0.15) is 31.0 Å². The maximum Gasteiger partial charge on any atom is 0.150 e. The maximum absolute atomic E-state index is 6.12. The molecule has 0 radical (unpaired) electrons. The van der Waals surface area contributed by atoms with E-state index in [0.717, 1.165) is 27.1 Å². The second kappa shape index (κ2) is 4.84. The van der Waals surface area contributed by atoms with Crippen LogP contribution in [0, 0.1) is 0 Å². The van der Waals surface area contributed by atoms with Crippen LogP contribution in [0.2, 0.25) is 0 Å². The minimum Gasteiger partial charge on any atom is -0.382 e. The number of nitrogens with zero attached hydrogens (tertiary/aromatic N) is 3. The van der Waals surface area contributed by atoms with Gasteiger partial charge >= 0.3 is 0 Å². The number of benzene rings is 1. The molecule has 0 unspecified atom stereocenters. The van der Waals surface area contributed by atoms with E-state index in [1.165, 1.54) is 19.3 Å². The fourth-order valence-corrected chi connectivity index (χ4v) is 3.28. The molecule has 106 valence electrons. The zero-order valence-electron chi connectivity index (χ0n) is 11.5. The molecule has 2 N–H and O–H groups in total. The van der Waals surface area contributed by atoms with Crippen LogP contribution in [0.15, 0.2) is 41.1 Å².